The van der Waals surface area contributed by atoms with E-state index in [0.29, 0.717) is 10.7 Å². The van der Waals surface area contributed by atoms with Crippen LogP contribution in [0.4, 0.5) is 16.5 Å². The Labute approximate surface area is 191 Å². The minimum Gasteiger partial charge on any atom is -0.326 e. The maximum Gasteiger partial charge on any atom is 0.227 e. The van der Waals surface area contributed by atoms with Crippen LogP contribution in [0.5, 0.6) is 0 Å². The van der Waals surface area contributed by atoms with Crippen LogP contribution in [-0.4, -0.2) is 30.0 Å². The SMILES string of the molecule is O=CCN(c1ccc(C=O)cc1)c1nc(-c2ccc(NC(=O)C3CCCCC3)cc2)cs1. The highest BCUT2D eigenvalue weighted by atomic mass is 32.1. The molecule has 4 rings (SSSR count). The molecular weight excluding hydrogens is 422 g/mol. The molecule has 0 spiro atoms. The van der Waals surface area contributed by atoms with Crippen molar-refractivity contribution < 1.29 is 14.4 Å². The van der Waals surface area contributed by atoms with Gasteiger partial charge in [-0.15, -0.1) is 11.3 Å². The zero-order chi connectivity index (χ0) is 22.3. The summed E-state index contributed by atoms with van der Waals surface area (Å²) < 4.78 is 0. The van der Waals surface area contributed by atoms with Gasteiger partial charge in [-0.05, 0) is 49.2 Å². The topological polar surface area (TPSA) is 79.4 Å². The van der Waals surface area contributed by atoms with Gasteiger partial charge in [-0.2, -0.15) is 0 Å². The van der Waals surface area contributed by atoms with Crippen molar-refractivity contribution in [1.82, 2.24) is 4.98 Å². The van der Waals surface area contributed by atoms with Crippen LogP contribution in [0.25, 0.3) is 11.3 Å². The highest BCUT2D eigenvalue weighted by Gasteiger charge is 2.21. The van der Waals surface area contributed by atoms with Crippen molar-refractivity contribution in [2.45, 2.75) is 32.1 Å². The molecular formula is C25H25N3O3S. The van der Waals surface area contributed by atoms with Gasteiger partial charge in [0.2, 0.25) is 5.91 Å². The van der Waals surface area contributed by atoms with Crippen molar-refractivity contribution in [2.24, 2.45) is 5.92 Å². The van der Waals surface area contributed by atoms with Gasteiger partial charge in [0.15, 0.2) is 5.13 Å². The van der Waals surface area contributed by atoms with Crippen LogP contribution in [0.1, 0.15) is 42.5 Å². The molecule has 7 heteroatoms. The third-order valence-electron chi connectivity index (χ3n) is 5.75. The van der Waals surface area contributed by atoms with Gasteiger partial charge in [0.25, 0.3) is 0 Å². The molecule has 1 aromatic heterocycles. The summed E-state index contributed by atoms with van der Waals surface area (Å²) in [6.07, 6.45) is 7.05. The molecule has 6 nitrogen and oxygen atoms in total. The van der Waals surface area contributed by atoms with E-state index in [-0.39, 0.29) is 18.4 Å². The van der Waals surface area contributed by atoms with Gasteiger partial charge in [-0.25, -0.2) is 4.98 Å². The lowest BCUT2D eigenvalue weighted by Gasteiger charge is -2.20. The first-order valence-electron chi connectivity index (χ1n) is 10.8. The van der Waals surface area contributed by atoms with Crippen molar-refractivity contribution in [1.29, 1.82) is 0 Å². The fraction of sp³-hybridized carbons (Fsp3) is 0.280. The number of nitrogens with one attached hydrogen (secondary N) is 1. The van der Waals surface area contributed by atoms with E-state index >= 15 is 0 Å². The molecule has 0 atom stereocenters. The fourth-order valence-electron chi connectivity index (χ4n) is 3.96. The van der Waals surface area contributed by atoms with Crippen molar-refractivity contribution >= 4 is 46.3 Å². The highest BCUT2D eigenvalue weighted by molar-refractivity contribution is 7.14. The maximum atomic E-state index is 12.5. The van der Waals surface area contributed by atoms with E-state index in [1.165, 1.54) is 17.8 Å². The van der Waals surface area contributed by atoms with E-state index in [0.717, 1.165) is 60.9 Å². The molecule has 0 unspecified atom stereocenters. The van der Waals surface area contributed by atoms with Crippen LogP contribution in [0.2, 0.25) is 0 Å². The van der Waals surface area contributed by atoms with Crippen LogP contribution in [-0.2, 0) is 9.59 Å². The summed E-state index contributed by atoms with van der Waals surface area (Å²) in [6, 6.07) is 14.7. The molecule has 1 N–H and O–H groups in total. The Kier molecular flexibility index (Phi) is 7.07. The van der Waals surface area contributed by atoms with Gasteiger partial charge in [-0.3, -0.25) is 9.59 Å². The Morgan fingerprint density at radius 1 is 1.03 bits per heavy atom. The van der Waals surface area contributed by atoms with E-state index in [4.69, 9.17) is 4.98 Å². The number of benzene rings is 2. The Bertz CT molecular complexity index is 1070. The normalized spacial score (nSPS) is 14.0. The third kappa shape index (κ3) is 5.11. The number of thiazole rings is 1. The highest BCUT2D eigenvalue weighted by Crippen LogP contribution is 2.32. The average molecular weight is 448 g/mol. The second-order valence-corrected chi connectivity index (χ2v) is 8.74. The lowest BCUT2D eigenvalue weighted by atomic mass is 9.88. The fourth-order valence-corrected chi connectivity index (χ4v) is 4.82. The number of hydrogen-bond acceptors (Lipinski definition) is 6. The predicted molar refractivity (Wildman–Crippen MR) is 128 cm³/mol. The first-order chi connectivity index (χ1) is 15.7. The predicted octanol–water partition coefficient (Wildman–Crippen LogP) is 5.48. The summed E-state index contributed by atoms with van der Waals surface area (Å²) in [7, 11) is 0. The minimum absolute atomic E-state index is 0.110. The zero-order valence-corrected chi connectivity index (χ0v) is 18.5. The number of amides is 1. The minimum atomic E-state index is 0.110. The number of carbonyl (C=O) groups is 3. The second kappa shape index (κ2) is 10.3. The summed E-state index contributed by atoms with van der Waals surface area (Å²) in [5.41, 5.74) is 3.90. The van der Waals surface area contributed by atoms with E-state index in [2.05, 4.69) is 5.32 Å². The molecule has 0 aliphatic heterocycles. The van der Waals surface area contributed by atoms with Crippen molar-refractivity contribution in [2.75, 3.05) is 16.8 Å². The molecule has 0 bridgehead atoms. The average Bonchev–Trinajstić information content (AvgIpc) is 3.33. The molecule has 1 aliphatic rings. The maximum absolute atomic E-state index is 12.5. The second-order valence-electron chi connectivity index (χ2n) is 7.90. The largest absolute Gasteiger partial charge is 0.326 e. The molecule has 164 valence electrons. The molecule has 1 amide bonds. The van der Waals surface area contributed by atoms with Gasteiger partial charge >= 0.3 is 0 Å². The number of hydrogen-bond donors (Lipinski definition) is 1. The number of rotatable bonds is 8. The first kappa shape index (κ1) is 21.9. The molecule has 32 heavy (non-hydrogen) atoms. The third-order valence-corrected chi connectivity index (χ3v) is 6.61. The first-order valence-corrected chi connectivity index (χ1v) is 11.7. The number of aldehydes is 2. The molecule has 2 aromatic carbocycles. The van der Waals surface area contributed by atoms with Gasteiger partial charge in [0.1, 0.15) is 12.6 Å². The summed E-state index contributed by atoms with van der Waals surface area (Å²) in [5, 5.41) is 5.67. The van der Waals surface area contributed by atoms with Crippen LogP contribution in [0.15, 0.2) is 53.9 Å². The van der Waals surface area contributed by atoms with Gasteiger partial charge in [0.05, 0.1) is 12.2 Å². The Balaban J connectivity index is 1.47. The molecule has 1 fully saturated rings. The smallest absolute Gasteiger partial charge is 0.227 e. The lowest BCUT2D eigenvalue weighted by Crippen LogP contribution is -2.24. The van der Waals surface area contributed by atoms with Crippen LogP contribution >= 0.6 is 11.3 Å². The quantitative estimate of drug-likeness (QED) is 0.463. The zero-order valence-electron chi connectivity index (χ0n) is 17.7. The van der Waals surface area contributed by atoms with Gasteiger partial charge < -0.3 is 15.0 Å². The van der Waals surface area contributed by atoms with Gasteiger partial charge in [-0.1, -0.05) is 31.4 Å². The summed E-state index contributed by atoms with van der Waals surface area (Å²) in [6.45, 7) is 0.166. The van der Waals surface area contributed by atoms with Crippen LogP contribution in [0.3, 0.4) is 0 Å². The molecule has 0 radical (unpaired) electrons. The molecule has 3 aromatic rings. The van der Waals surface area contributed by atoms with Crippen molar-refractivity contribution in [3.05, 3.63) is 59.5 Å². The van der Waals surface area contributed by atoms with E-state index in [9.17, 15) is 14.4 Å². The summed E-state index contributed by atoms with van der Waals surface area (Å²) in [5.74, 6) is 0.229. The van der Waals surface area contributed by atoms with Crippen LogP contribution in [0, 0.1) is 5.92 Å². The summed E-state index contributed by atoms with van der Waals surface area (Å²) in [4.78, 5) is 41.1. The number of nitrogens with zero attached hydrogens (tertiary/aromatic N) is 2. The molecule has 1 saturated carbocycles. The van der Waals surface area contributed by atoms with Crippen molar-refractivity contribution in [3.63, 3.8) is 0 Å². The molecule has 1 aliphatic carbocycles. The van der Waals surface area contributed by atoms with E-state index in [1.54, 1.807) is 24.3 Å². The molecule has 1 heterocycles. The Morgan fingerprint density at radius 2 is 1.75 bits per heavy atom. The Morgan fingerprint density at radius 3 is 2.41 bits per heavy atom. The number of anilines is 3. The van der Waals surface area contributed by atoms with Gasteiger partial charge in [0, 0.05) is 33.8 Å². The van der Waals surface area contributed by atoms with E-state index in [1.807, 2.05) is 34.5 Å². The number of carbonyl (C=O) groups excluding carboxylic acids is 3. The van der Waals surface area contributed by atoms with Crippen molar-refractivity contribution in [3.8, 4) is 11.3 Å². The van der Waals surface area contributed by atoms with E-state index < -0.39 is 0 Å². The molecule has 0 saturated heterocycles. The van der Waals surface area contributed by atoms with Crippen LogP contribution < -0.4 is 10.2 Å². The standard InChI is InChI=1S/C25H25N3O3S/c29-15-14-28(22-12-6-18(16-30)7-13-22)25-27-23(17-32-25)19-8-10-21(11-9-19)26-24(31)20-4-2-1-3-5-20/h6-13,15-17,20H,1-5,14H2,(H,26,31). The summed E-state index contributed by atoms with van der Waals surface area (Å²) >= 11 is 1.45. The number of aromatic nitrogens is 1. The lowest BCUT2D eigenvalue weighted by molar-refractivity contribution is -0.120. The monoisotopic (exact) mass is 447 g/mol. The Hall–Kier alpha value is -3.32.